The highest BCUT2D eigenvalue weighted by atomic mass is 32.2. The number of anilines is 1. The van der Waals surface area contributed by atoms with E-state index < -0.39 is 0 Å². The first-order valence-corrected chi connectivity index (χ1v) is 11.8. The van der Waals surface area contributed by atoms with E-state index in [9.17, 15) is 9.59 Å². The van der Waals surface area contributed by atoms with Crippen LogP contribution < -0.4 is 10.6 Å². The molecule has 0 radical (unpaired) electrons. The van der Waals surface area contributed by atoms with E-state index >= 15 is 0 Å². The molecule has 1 heterocycles. The van der Waals surface area contributed by atoms with Crippen molar-refractivity contribution in [1.82, 2.24) is 15.1 Å². The number of nitrogens with zero attached hydrogens (tertiary/aromatic N) is 2. The third-order valence-electron chi connectivity index (χ3n) is 5.47. The summed E-state index contributed by atoms with van der Waals surface area (Å²) in [6, 6.07) is 15.7. The number of nitrogens with one attached hydrogen (secondary N) is 2. The van der Waals surface area contributed by atoms with E-state index in [1.165, 1.54) is 5.56 Å². The second kappa shape index (κ2) is 11.2. The summed E-state index contributed by atoms with van der Waals surface area (Å²) in [6.07, 6.45) is 0.401. The molecule has 166 valence electrons. The Balaban J connectivity index is 1.49. The lowest BCUT2D eigenvalue weighted by Crippen LogP contribution is -2.38. The fourth-order valence-corrected chi connectivity index (χ4v) is 4.46. The third kappa shape index (κ3) is 7.01. The zero-order valence-corrected chi connectivity index (χ0v) is 19.4. The second-order valence-electron chi connectivity index (χ2n) is 8.09. The van der Waals surface area contributed by atoms with E-state index in [0.717, 1.165) is 35.7 Å². The van der Waals surface area contributed by atoms with Crippen molar-refractivity contribution in [3.05, 3.63) is 65.2 Å². The molecule has 31 heavy (non-hydrogen) atoms. The van der Waals surface area contributed by atoms with E-state index in [1.54, 1.807) is 0 Å². The van der Waals surface area contributed by atoms with Crippen LogP contribution in [0.1, 0.15) is 22.7 Å². The first-order valence-electron chi connectivity index (χ1n) is 10.6. The maximum absolute atomic E-state index is 12.4. The van der Waals surface area contributed by atoms with Crippen LogP contribution in [0.2, 0.25) is 0 Å². The second-order valence-corrected chi connectivity index (χ2v) is 9.32. The van der Waals surface area contributed by atoms with Gasteiger partial charge in [-0.25, -0.2) is 4.79 Å². The van der Waals surface area contributed by atoms with Gasteiger partial charge < -0.3 is 20.4 Å². The summed E-state index contributed by atoms with van der Waals surface area (Å²) in [7, 11) is 4.01. The molecular formula is C24H32N4O2S. The van der Waals surface area contributed by atoms with Crippen molar-refractivity contribution in [3.63, 3.8) is 0 Å². The van der Waals surface area contributed by atoms with E-state index in [0.29, 0.717) is 18.7 Å². The summed E-state index contributed by atoms with van der Waals surface area (Å²) in [5, 5.41) is 5.84. The topological polar surface area (TPSA) is 64.7 Å². The minimum absolute atomic E-state index is 0.0907. The summed E-state index contributed by atoms with van der Waals surface area (Å²) >= 11 is 1.89. The Morgan fingerprint density at radius 1 is 1.03 bits per heavy atom. The number of likely N-dealkylation sites (N-methyl/N-ethyl adjacent to an activating group) is 1. The Bertz CT molecular complexity index is 862. The number of benzene rings is 2. The van der Waals surface area contributed by atoms with Crippen LogP contribution in [0.4, 0.5) is 10.5 Å². The maximum Gasteiger partial charge on any atom is 0.319 e. The minimum Gasteiger partial charge on any atom is -0.341 e. The van der Waals surface area contributed by atoms with Gasteiger partial charge in [-0.2, -0.15) is 11.8 Å². The van der Waals surface area contributed by atoms with Crippen molar-refractivity contribution in [3.8, 4) is 0 Å². The maximum atomic E-state index is 12.4. The molecule has 1 fully saturated rings. The van der Waals surface area contributed by atoms with Gasteiger partial charge in [-0.3, -0.25) is 4.79 Å². The predicted octanol–water partition coefficient (Wildman–Crippen LogP) is 3.54. The first kappa shape index (κ1) is 23.2. The Hall–Kier alpha value is -2.51. The molecule has 0 spiro atoms. The molecular weight excluding hydrogens is 408 g/mol. The van der Waals surface area contributed by atoms with E-state index in [4.69, 9.17) is 0 Å². The number of rotatable bonds is 7. The van der Waals surface area contributed by atoms with Crippen molar-refractivity contribution in [2.24, 2.45) is 0 Å². The smallest absolute Gasteiger partial charge is 0.319 e. The Morgan fingerprint density at radius 3 is 2.29 bits per heavy atom. The number of carbonyl (C=O) groups is 2. The summed E-state index contributed by atoms with van der Waals surface area (Å²) < 4.78 is 0. The number of aryl methyl sites for hydroxylation is 1. The van der Waals surface area contributed by atoms with Crippen molar-refractivity contribution < 1.29 is 9.59 Å². The summed E-state index contributed by atoms with van der Waals surface area (Å²) in [6.45, 7) is 4.23. The standard InChI is InChI=1S/C24H32N4O2S/c1-18-4-8-20(9-5-18)22(27(2)3)17-25-24(30)26-21-10-6-19(7-11-21)16-23(29)28-12-14-31-15-13-28/h4-11,22H,12-17H2,1-3H3,(H2,25,26,30). The highest BCUT2D eigenvalue weighted by Gasteiger charge is 2.17. The van der Waals surface area contributed by atoms with Gasteiger partial charge in [-0.15, -0.1) is 0 Å². The van der Waals surface area contributed by atoms with Gasteiger partial charge in [-0.1, -0.05) is 42.0 Å². The van der Waals surface area contributed by atoms with Gasteiger partial charge in [0.25, 0.3) is 0 Å². The lowest BCUT2D eigenvalue weighted by Gasteiger charge is -2.26. The van der Waals surface area contributed by atoms with Gasteiger partial charge in [-0.05, 0) is 44.3 Å². The summed E-state index contributed by atoms with van der Waals surface area (Å²) in [5.74, 6) is 2.20. The van der Waals surface area contributed by atoms with E-state index in [1.807, 2.05) is 55.0 Å². The fourth-order valence-electron chi connectivity index (χ4n) is 3.56. The summed E-state index contributed by atoms with van der Waals surface area (Å²) in [4.78, 5) is 28.8. The van der Waals surface area contributed by atoms with Crippen LogP contribution in [0.3, 0.4) is 0 Å². The van der Waals surface area contributed by atoms with E-state index in [-0.39, 0.29) is 18.0 Å². The molecule has 3 rings (SSSR count). The van der Waals surface area contributed by atoms with Crippen LogP contribution in [-0.2, 0) is 11.2 Å². The van der Waals surface area contributed by atoms with Crippen LogP contribution in [0.15, 0.2) is 48.5 Å². The average molecular weight is 441 g/mol. The largest absolute Gasteiger partial charge is 0.341 e. The Morgan fingerprint density at radius 2 is 1.68 bits per heavy atom. The minimum atomic E-state index is -0.242. The summed E-state index contributed by atoms with van der Waals surface area (Å²) in [5.41, 5.74) is 4.05. The van der Waals surface area contributed by atoms with Gasteiger partial charge in [0, 0.05) is 36.8 Å². The predicted molar refractivity (Wildman–Crippen MR) is 129 cm³/mol. The normalized spacial score (nSPS) is 14.9. The molecule has 2 N–H and O–H groups in total. The van der Waals surface area contributed by atoms with Crippen molar-refractivity contribution in [1.29, 1.82) is 0 Å². The monoisotopic (exact) mass is 440 g/mol. The quantitative estimate of drug-likeness (QED) is 0.691. The first-order chi connectivity index (χ1) is 14.9. The van der Waals surface area contributed by atoms with Gasteiger partial charge in [0.1, 0.15) is 0 Å². The lowest BCUT2D eigenvalue weighted by atomic mass is 10.0. The zero-order chi connectivity index (χ0) is 22.2. The van der Waals surface area contributed by atoms with Crippen LogP contribution >= 0.6 is 11.8 Å². The van der Waals surface area contributed by atoms with Gasteiger partial charge in [0.05, 0.1) is 12.5 Å². The molecule has 2 aromatic carbocycles. The van der Waals surface area contributed by atoms with Crippen LogP contribution in [0.5, 0.6) is 0 Å². The van der Waals surface area contributed by atoms with Crippen LogP contribution in [0, 0.1) is 6.92 Å². The van der Waals surface area contributed by atoms with E-state index in [2.05, 4.69) is 46.7 Å². The number of hydrogen-bond donors (Lipinski definition) is 2. The van der Waals surface area contributed by atoms with Gasteiger partial charge in [0.15, 0.2) is 0 Å². The number of carbonyl (C=O) groups excluding carboxylic acids is 2. The molecule has 0 aromatic heterocycles. The molecule has 0 aliphatic carbocycles. The molecule has 1 saturated heterocycles. The third-order valence-corrected chi connectivity index (χ3v) is 6.41. The SMILES string of the molecule is Cc1ccc(C(CNC(=O)Nc2ccc(CC(=O)N3CCSCC3)cc2)N(C)C)cc1. The van der Waals surface area contributed by atoms with Crippen LogP contribution in [0.25, 0.3) is 0 Å². The Kier molecular flexibility index (Phi) is 8.37. The molecule has 2 aromatic rings. The van der Waals surface area contributed by atoms with Crippen LogP contribution in [-0.4, -0.2) is 67.0 Å². The lowest BCUT2D eigenvalue weighted by molar-refractivity contribution is -0.130. The molecule has 3 amide bonds. The molecule has 1 unspecified atom stereocenters. The number of urea groups is 1. The molecule has 1 aliphatic heterocycles. The highest BCUT2D eigenvalue weighted by Crippen LogP contribution is 2.18. The molecule has 0 saturated carbocycles. The number of thioether (sulfide) groups is 1. The molecule has 0 bridgehead atoms. The molecule has 1 aliphatic rings. The number of hydrogen-bond acceptors (Lipinski definition) is 4. The molecule has 6 nitrogen and oxygen atoms in total. The highest BCUT2D eigenvalue weighted by molar-refractivity contribution is 7.99. The number of amides is 3. The van der Waals surface area contributed by atoms with Gasteiger partial charge in [0.2, 0.25) is 5.91 Å². The molecule has 7 heteroatoms. The van der Waals surface area contributed by atoms with Crippen molar-refractivity contribution >= 4 is 29.4 Å². The average Bonchev–Trinajstić information content (AvgIpc) is 2.77. The fraction of sp³-hybridized carbons (Fsp3) is 0.417. The van der Waals surface area contributed by atoms with Gasteiger partial charge >= 0.3 is 6.03 Å². The van der Waals surface area contributed by atoms with Crippen molar-refractivity contribution in [2.45, 2.75) is 19.4 Å². The zero-order valence-electron chi connectivity index (χ0n) is 18.6. The molecule has 1 atom stereocenters. The van der Waals surface area contributed by atoms with Crippen molar-refractivity contribution in [2.75, 3.05) is 50.6 Å². The Labute approximate surface area is 189 Å².